The summed E-state index contributed by atoms with van der Waals surface area (Å²) in [6.45, 7) is 1.84. The second kappa shape index (κ2) is 6.70. The van der Waals surface area contributed by atoms with Crippen molar-refractivity contribution in [3.63, 3.8) is 0 Å². The summed E-state index contributed by atoms with van der Waals surface area (Å²) in [6.07, 6.45) is 1.34. The molecule has 0 spiro atoms. The normalized spacial score (nSPS) is 10.1. The van der Waals surface area contributed by atoms with Crippen LogP contribution in [0.5, 0.6) is 0 Å². The summed E-state index contributed by atoms with van der Waals surface area (Å²) in [5.41, 5.74) is 0.941. The monoisotopic (exact) mass is 252 g/mol. The van der Waals surface area contributed by atoms with Crippen molar-refractivity contribution in [2.24, 2.45) is 0 Å². The minimum Gasteiger partial charge on any atom is -0.396 e. The number of carbonyl (C=O) groups excluding carboxylic acids is 1. The van der Waals surface area contributed by atoms with E-state index in [0.717, 1.165) is 5.56 Å². The van der Waals surface area contributed by atoms with Crippen molar-refractivity contribution in [3.05, 3.63) is 33.9 Å². The molecular formula is C12H16N2O4. The van der Waals surface area contributed by atoms with Crippen LogP contribution in [0.25, 0.3) is 0 Å². The molecule has 0 aliphatic heterocycles. The van der Waals surface area contributed by atoms with Crippen LogP contribution >= 0.6 is 0 Å². The zero-order chi connectivity index (χ0) is 13.5. The van der Waals surface area contributed by atoms with Gasteiger partial charge in [-0.05, 0) is 31.4 Å². The maximum absolute atomic E-state index is 11.6. The van der Waals surface area contributed by atoms with Gasteiger partial charge in [0.1, 0.15) is 5.69 Å². The van der Waals surface area contributed by atoms with E-state index >= 15 is 0 Å². The topological polar surface area (TPSA) is 92.5 Å². The third kappa shape index (κ3) is 4.14. The number of nitrogens with one attached hydrogen (secondary N) is 1. The van der Waals surface area contributed by atoms with E-state index in [0.29, 0.717) is 12.8 Å². The highest BCUT2D eigenvalue weighted by molar-refractivity contribution is 5.93. The highest BCUT2D eigenvalue weighted by Crippen LogP contribution is 2.25. The van der Waals surface area contributed by atoms with Gasteiger partial charge in [-0.1, -0.05) is 6.07 Å². The Morgan fingerprint density at radius 3 is 2.78 bits per heavy atom. The molecule has 1 aromatic rings. The predicted molar refractivity (Wildman–Crippen MR) is 67.4 cm³/mol. The van der Waals surface area contributed by atoms with Gasteiger partial charge < -0.3 is 10.4 Å². The molecule has 0 bridgehead atoms. The smallest absolute Gasteiger partial charge is 0.292 e. The van der Waals surface area contributed by atoms with E-state index in [1.54, 1.807) is 19.1 Å². The maximum Gasteiger partial charge on any atom is 0.292 e. The molecule has 0 saturated carbocycles. The second-order valence-corrected chi connectivity index (χ2v) is 4.01. The van der Waals surface area contributed by atoms with E-state index in [1.807, 2.05) is 0 Å². The van der Waals surface area contributed by atoms with Gasteiger partial charge in [-0.2, -0.15) is 0 Å². The summed E-state index contributed by atoms with van der Waals surface area (Å²) in [4.78, 5) is 21.8. The van der Waals surface area contributed by atoms with E-state index in [1.165, 1.54) is 6.07 Å². The van der Waals surface area contributed by atoms with Crippen LogP contribution in [0.2, 0.25) is 0 Å². The Labute approximate surface area is 105 Å². The van der Waals surface area contributed by atoms with E-state index in [-0.39, 0.29) is 30.3 Å². The molecule has 18 heavy (non-hydrogen) atoms. The molecule has 6 nitrogen and oxygen atoms in total. The highest BCUT2D eigenvalue weighted by atomic mass is 16.6. The summed E-state index contributed by atoms with van der Waals surface area (Å²) in [5.74, 6) is -0.280. The van der Waals surface area contributed by atoms with Crippen molar-refractivity contribution < 1.29 is 14.8 Å². The lowest BCUT2D eigenvalue weighted by Crippen LogP contribution is -2.12. The maximum atomic E-state index is 11.6. The van der Waals surface area contributed by atoms with Crippen molar-refractivity contribution in [1.29, 1.82) is 0 Å². The zero-order valence-corrected chi connectivity index (χ0v) is 10.2. The minimum absolute atomic E-state index is 0.0396. The molecule has 1 rings (SSSR count). The zero-order valence-electron chi connectivity index (χ0n) is 10.2. The molecule has 1 aromatic carbocycles. The highest BCUT2D eigenvalue weighted by Gasteiger charge is 2.15. The Kier molecular flexibility index (Phi) is 5.26. The van der Waals surface area contributed by atoms with Gasteiger partial charge in [-0.15, -0.1) is 0 Å². The minimum atomic E-state index is -0.525. The first kappa shape index (κ1) is 14.1. The molecule has 0 atom stereocenters. The number of benzene rings is 1. The van der Waals surface area contributed by atoms with Crippen molar-refractivity contribution in [3.8, 4) is 0 Å². The predicted octanol–water partition coefficient (Wildman–Crippen LogP) is 2.00. The molecule has 1 amide bonds. The van der Waals surface area contributed by atoms with E-state index < -0.39 is 4.92 Å². The van der Waals surface area contributed by atoms with Crippen LogP contribution in [0.1, 0.15) is 24.8 Å². The molecule has 0 unspecified atom stereocenters. The summed E-state index contributed by atoms with van der Waals surface area (Å²) >= 11 is 0. The average Bonchev–Trinajstić information content (AvgIpc) is 2.29. The van der Waals surface area contributed by atoms with Crippen molar-refractivity contribution >= 4 is 17.3 Å². The molecule has 0 saturated heterocycles. The van der Waals surface area contributed by atoms with Gasteiger partial charge in [0.05, 0.1) is 4.92 Å². The number of aryl methyl sites for hydroxylation is 1. The number of nitro benzene ring substituents is 1. The van der Waals surface area contributed by atoms with Gasteiger partial charge in [0.2, 0.25) is 5.91 Å². The fourth-order valence-corrected chi connectivity index (χ4v) is 1.52. The van der Waals surface area contributed by atoms with Crippen LogP contribution in [0.3, 0.4) is 0 Å². The van der Waals surface area contributed by atoms with E-state index in [9.17, 15) is 14.9 Å². The summed E-state index contributed by atoms with van der Waals surface area (Å²) in [6, 6.07) is 4.57. The number of hydrogen-bond acceptors (Lipinski definition) is 4. The van der Waals surface area contributed by atoms with E-state index in [2.05, 4.69) is 5.32 Å². The largest absolute Gasteiger partial charge is 0.396 e. The molecule has 0 aliphatic carbocycles. The number of unbranched alkanes of at least 4 members (excludes halogenated alkanes) is 1. The fourth-order valence-electron chi connectivity index (χ4n) is 1.52. The van der Waals surface area contributed by atoms with Gasteiger partial charge in [-0.3, -0.25) is 14.9 Å². The van der Waals surface area contributed by atoms with Crippen LogP contribution in [-0.4, -0.2) is 22.5 Å². The second-order valence-electron chi connectivity index (χ2n) is 4.01. The third-order valence-corrected chi connectivity index (χ3v) is 2.43. The number of amides is 1. The molecule has 98 valence electrons. The van der Waals surface area contributed by atoms with Crippen LogP contribution in [0.4, 0.5) is 11.4 Å². The standard InChI is InChI=1S/C12H16N2O4/c1-9-5-6-11(14(17)18)10(8-9)13-12(16)4-2-3-7-15/h5-6,8,15H,2-4,7H2,1H3,(H,13,16). The Hall–Kier alpha value is -1.95. The molecule has 0 heterocycles. The Morgan fingerprint density at radius 1 is 1.44 bits per heavy atom. The first-order valence-electron chi connectivity index (χ1n) is 5.70. The molecule has 0 aromatic heterocycles. The number of hydrogen-bond donors (Lipinski definition) is 2. The number of aliphatic hydroxyl groups is 1. The van der Waals surface area contributed by atoms with Crippen molar-refractivity contribution in [2.45, 2.75) is 26.2 Å². The average molecular weight is 252 g/mol. The lowest BCUT2D eigenvalue weighted by molar-refractivity contribution is -0.383. The summed E-state index contributed by atoms with van der Waals surface area (Å²) in [5, 5.41) is 21.9. The van der Waals surface area contributed by atoms with Gasteiger partial charge in [-0.25, -0.2) is 0 Å². The molecule has 0 fully saturated rings. The number of carbonyl (C=O) groups is 1. The lowest BCUT2D eigenvalue weighted by Gasteiger charge is -2.06. The molecule has 0 aliphatic rings. The summed E-state index contributed by atoms with van der Waals surface area (Å²) in [7, 11) is 0. The van der Waals surface area contributed by atoms with Gasteiger partial charge >= 0.3 is 0 Å². The number of aliphatic hydroxyl groups excluding tert-OH is 1. The van der Waals surface area contributed by atoms with Crippen LogP contribution < -0.4 is 5.32 Å². The van der Waals surface area contributed by atoms with Crippen LogP contribution in [0.15, 0.2) is 18.2 Å². The van der Waals surface area contributed by atoms with Gasteiger partial charge in [0.15, 0.2) is 0 Å². The molecule has 0 radical (unpaired) electrons. The molecule has 6 heteroatoms. The van der Waals surface area contributed by atoms with E-state index in [4.69, 9.17) is 5.11 Å². The number of nitro groups is 1. The summed E-state index contributed by atoms with van der Waals surface area (Å²) < 4.78 is 0. The lowest BCUT2D eigenvalue weighted by atomic mass is 10.2. The van der Waals surface area contributed by atoms with Crippen molar-refractivity contribution in [2.75, 3.05) is 11.9 Å². The first-order chi connectivity index (χ1) is 8.54. The Bertz CT molecular complexity index is 446. The SMILES string of the molecule is Cc1ccc([N+](=O)[O-])c(NC(=O)CCCCO)c1. The molecular weight excluding hydrogens is 236 g/mol. The van der Waals surface area contributed by atoms with Gasteiger partial charge in [0, 0.05) is 19.1 Å². The van der Waals surface area contributed by atoms with Crippen molar-refractivity contribution in [1.82, 2.24) is 0 Å². The molecule has 2 N–H and O–H groups in total. The first-order valence-corrected chi connectivity index (χ1v) is 5.70. The van der Waals surface area contributed by atoms with Gasteiger partial charge in [0.25, 0.3) is 5.69 Å². The Morgan fingerprint density at radius 2 is 2.17 bits per heavy atom. The number of nitrogens with zero attached hydrogens (tertiary/aromatic N) is 1. The Balaban J connectivity index is 2.73. The number of rotatable bonds is 6. The number of anilines is 1. The van der Waals surface area contributed by atoms with Crippen LogP contribution in [0, 0.1) is 17.0 Å². The van der Waals surface area contributed by atoms with Crippen LogP contribution in [-0.2, 0) is 4.79 Å². The third-order valence-electron chi connectivity index (χ3n) is 2.43. The quantitative estimate of drug-likeness (QED) is 0.460. The fraction of sp³-hybridized carbons (Fsp3) is 0.417.